The quantitative estimate of drug-likeness (QED) is 0.0414. The van der Waals surface area contributed by atoms with Gasteiger partial charge in [0.15, 0.2) is 0 Å². The maximum Gasteiger partial charge on any atom is 0.220 e. The Balaban J connectivity index is 3.72. The molecule has 0 aromatic carbocycles. The molecule has 6 nitrogen and oxygen atoms in total. The highest BCUT2D eigenvalue weighted by Crippen LogP contribution is 2.17. The van der Waals surface area contributed by atoms with E-state index < -0.39 is 31.0 Å². The van der Waals surface area contributed by atoms with Gasteiger partial charge in [0.25, 0.3) is 0 Å². The van der Waals surface area contributed by atoms with Crippen LogP contribution in [-0.4, -0.2) is 57.3 Å². The highest BCUT2D eigenvalue weighted by molar-refractivity contribution is 5.76. The van der Waals surface area contributed by atoms with Gasteiger partial charge in [0.05, 0.1) is 18.8 Å². The fourth-order valence-corrected chi connectivity index (χ4v) is 6.89. The van der Waals surface area contributed by atoms with E-state index in [-0.39, 0.29) is 5.91 Å². The highest BCUT2D eigenvalue weighted by Gasteiger charge is 2.31. The van der Waals surface area contributed by atoms with Crippen molar-refractivity contribution in [2.75, 3.05) is 6.61 Å². The Hall–Kier alpha value is -0.690. The lowest BCUT2D eigenvalue weighted by atomic mass is 9.96. The van der Waals surface area contributed by atoms with Crippen LogP contribution in [0.15, 0.2) is 0 Å². The van der Waals surface area contributed by atoms with Gasteiger partial charge >= 0.3 is 0 Å². The molecule has 0 fully saturated rings. The topological polar surface area (TPSA) is 110 Å². The van der Waals surface area contributed by atoms with Crippen LogP contribution in [0.5, 0.6) is 0 Å². The van der Waals surface area contributed by atoms with Gasteiger partial charge in [-0.05, 0) is 12.8 Å². The van der Waals surface area contributed by atoms with Gasteiger partial charge < -0.3 is 25.7 Å². The molecule has 0 aliphatic rings. The molecule has 0 saturated carbocycles. The van der Waals surface area contributed by atoms with Crippen LogP contribution >= 0.6 is 0 Å². The van der Waals surface area contributed by atoms with Crippen molar-refractivity contribution in [1.82, 2.24) is 5.32 Å². The van der Waals surface area contributed by atoms with E-state index >= 15 is 0 Å². The molecule has 0 aromatic rings. The first-order valence-corrected chi connectivity index (χ1v) is 21.4. The van der Waals surface area contributed by atoms with E-state index in [1.54, 1.807) is 0 Å². The predicted octanol–water partition coefficient (Wildman–Crippen LogP) is 10.8. The second-order valence-electron chi connectivity index (χ2n) is 15.1. The van der Waals surface area contributed by atoms with Crippen molar-refractivity contribution < 1.29 is 25.2 Å². The number of rotatable bonds is 39. The number of aliphatic hydroxyl groups is 4. The monoisotopic (exact) mass is 684 g/mol. The SMILES string of the molecule is CCCCCCCCCCCCCCCCCCC[C@@H](O)[C@@H](O)[C@@H](O)[C@@H](CO)NC(=O)CCCCCCCCCCCCCCCCC. The summed E-state index contributed by atoms with van der Waals surface area (Å²) >= 11 is 0. The maximum atomic E-state index is 12.4. The molecule has 0 aliphatic heterocycles. The number of nitrogens with one attached hydrogen (secondary N) is 1. The molecule has 0 spiro atoms. The number of carbonyl (C=O) groups excluding carboxylic acids is 1. The first-order chi connectivity index (χ1) is 23.5. The maximum absolute atomic E-state index is 12.4. The number of hydrogen-bond donors (Lipinski definition) is 5. The van der Waals surface area contributed by atoms with E-state index in [9.17, 15) is 25.2 Å². The van der Waals surface area contributed by atoms with Crippen LogP contribution in [0.1, 0.15) is 232 Å². The Bertz CT molecular complexity index is 648. The van der Waals surface area contributed by atoms with Gasteiger partial charge in [0.1, 0.15) is 12.2 Å². The Kier molecular flexibility index (Phi) is 37.0. The first kappa shape index (κ1) is 47.3. The molecule has 1 amide bonds. The second-order valence-corrected chi connectivity index (χ2v) is 15.1. The number of carbonyl (C=O) groups is 1. The summed E-state index contributed by atoms with van der Waals surface area (Å²) < 4.78 is 0. The third kappa shape index (κ3) is 31.3. The zero-order valence-electron chi connectivity index (χ0n) is 32.3. The van der Waals surface area contributed by atoms with E-state index in [2.05, 4.69) is 19.2 Å². The second kappa shape index (κ2) is 37.6. The molecule has 0 bridgehead atoms. The standard InChI is InChI=1S/C42H85NO5/c1-3-5-7-9-11-13-15-17-19-20-22-23-25-27-29-31-33-35-39(45)42(48)41(47)38(37-44)43-40(46)36-34-32-30-28-26-24-21-18-16-14-12-10-8-6-4-2/h38-39,41-42,44-45,47-48H,3-37H2,1-2H3,(H,43,46)/t38-,39-,41+,42-/m1/s1. The summed E-state index contributed by atoms with van der Waals surface area (Å²) in [4.78, 5) is 12.4. The van der Waals surface area contributed by atoms with Crippen molar-refractivity contribution in [2.45, 2.75) is 257 Å². The minimum absolute atomic E-state index is 0.224. The van der Waals surface area contributed by atoms with Crippen LogP contribution in [0.2, 0.25) is 0 Å². The Morgan fingerprint density at radius 2 is 0.729 bits per heavy atom. The minimum Gasteiger partial charge on any atom is -0.394 e. The average Bonchev–Trinajstić information content (AvgIpc) is 3.09. The van der Waals surface area contributed by atoms with Crippen LogP contribution < -0.4 is 5.32 Å². The molecule has 0 heterocycles. The Labute approximate surface area is 299 Å². The smallest absolute Gasteiger partial charge is 0.220 e. The summed E-state index contributed by atoms with van der Waals surface area (Å²) in [6.45, 7) is 4.06. The van der Waals surface area contributed by atoms with Gasteiger partial charge in [0, 0.05) is 6.42 Å². The van der Waals surface area contributed by atoms with Gasteiger partial charge in [0.2, 0.25) is 5.91 Å². The molecule has 0 saturated heterocycles. The van der Waals surface area contributed by atoms with Crippen LogP contribution in [0.25, 0.3) is 0 Å². The lowest BCUT2D eigenvalue weighted by Crippen LogP contribution is -2.53. The van der Waals surface area contributed by atoms with Crippen LogP contribution in [0.4, 0.5) is 0 Å². The van der Waals surface area contributed by atoms with E-state index in [0.29, 0.717) is 12.8 Å². The minimum atomic E-state index is -1.40. The van der Waals surface area contributed by atoms with Gasteiger partial charge in [-0.2, -0.15) is 0 Å². The zero-order valence-corrected chi connectivity index (χ0v) is 32.3. The third-order valence-corrected chi connectivity index (χ3v) is 10.3. The summed E-state index contributed by atoms with van der Waals surface area (Å²) in [6, 6.07) is -0.978. The molecular formula is C42H85NO5. The molecule has 5 N–H and O–H groups in total. The average molecular weight is 684 g/mol. The van der Waals surface area contributed by atoms with Crippen molar-refractivity contribution in [3.05, 3.63) is 0 Å². The van der Waals surface area contributed by atoms with Gasteiger partial charge in [-0.25, -0.2) is 0 Å². The third-order valence-electron chi connectivity index (χ3n) is 10.3. The molecule has 0 radical (unpaired) electrons. The largest absolute Gasteiger partial charge is 0.394 e. The zero-order chi connectivity index (χ0) is 35.3. The Morgan fingerprint density at radius 1 is 0.438 bits per heavy atom. The first-order valence-electron chi connectivity index (χ1n) is 21.4. The molecular weight excluding hydrogens is 598 g/mol. The number of unbranched alkanes of at least 4 members (excludes halogenated alkanes) is 30. The summed E-state index contributed by atoms with van der Waals surface area (Å²) in [7, 11) is 0. The van der Waals surface area contributed by atoms with Crippen molar-refractivity contribution in [1.29, 1.82) is 0 Å². The highest BCUT2D eigenvalue weighted by atomic mass is 16.4. The lowest BCUT2D eigenvalue weighted by Gasteiger charge is -2.29. The molecule has 0 unspecified atom stereocenters. The van der Waals surface area contributed by atoms with Gasteiger partial charge in [-0.3, -0.25) is 4.79 Å². The van der Waals surface area contributed by atoms with E-state index in [0.717, 1.165) is 38.5 Å². The van der Waals surface area contributed by atoms with Crippen molar-refractivity contribution in [2.24, 2.45) is 0 Å². The molecule has 6 heteroatoms. The van der Waals surface area contributed by atoms with Gasteiger partial charge in [-0.15, -0.1) is 0 Å². The molecule has 48 heavy (non-hydrogen) atoms. The molecule has 288 valence electrons. The molecule has 0 rings (SSSR count). The molecule has 4 atom stereocenters. The van der Waals surface area contributed by atoms with E-state index in [4.69, 9.17) is 0 Å². The fraction of sp³-hybridized carbons (Fsp3) is 0.976. The van der Waals surface area contributed by atoms with Crippen LogP contribution in [0, 0.1) is 0 Å². The lowest BCUT2D eigenvalue weighted by molar-refractivity contribution is -0.126. The summed E-state index contributed by atoms with van der Waals surface area (Å²) in [5, 5.41) is 43.9. The van der Waals surface area contributed by atoms with Crippen molar-refractivity contribution in [3.63, 3.8) is 0 Å². The van der Waals surface area contributed by atoms with Gasteiger partial charge in [-0.1, -0.05) is 213 Å². The normalized spacial score (nSPS) is 14.2. The fourth-order valence-electron chi connectivity index (χ4n) is 6.89. The van der Waals surface area contributed by atoms with Crippen molar-refractivity contribution >= 4 is 5.91 Å². The number of aliphatic hydroxyl groups excluding tert-OH is 4. The van der Waals surface area contributed by atoms with E-state index in [1.807, 2.05) is 0 Å². The summed E-state index contributed by atoms with van der Waals surface area (Å²) in [5.41, 5.74) is 0. The van der Waals surface area contributed by atoms with Crippen LogP contribution in [-0.2, 0) is 4.79 Å². The van der Waals surface area contributed by atoms with E-state index in [1.165, 1.54) is 167 Å². The van der Waals surface area contributed by atoms with Crippen LogP contribution in [0.3, 0.4) is 0 Å². The van der Waals surface area contributed by atoms with Crippen molar-refractivity contribution in [3.8, 4) is 0 Å². The predicted molar refractivity (Wildman–Crippen MR) is 205 cm³/mol. The summed E-state index contributed by atoms with van der Waals surface area (Å²) in [6.07, 6.45) is 37.8. The number of amides is 1. The molecule has 0 aliphatic carbocycles. The summed E-state index contributed by atoms with van der Waals surface area (Å²) in [5.74, 6) is -0.224. The Morgan fingerprint density at radius 3 is 1.04 bits per heavy atom. The molecule has 0 aromatic heterocycles. The number of hydrogen-bond acceptors (Lipinski definition) is 5.